The lowest BCUT2D eigenvalue weighted by atomic mass is 10.1. The highest BCUT2D eigenvalue weighted by atomic mass is 32.2. The van der Waals surface area contributed by atoms with E-state index in [9.17, 15) is 22.4 Å². The molecule has 0 radical (unpaired) electrons. The average Bonchev–Trinajstić information content (AvgIpc) is 3.22. The van der Waals surface area contributed by atoms with Crippen LogP contribution >= 0.6 is 0 Å². The lowest BCUT2D eigenvalue weighted by Crippen LogP contribution is -2.40. The van der Waals surface area contributed by atoms with E-state index in [1.54, 1.807) is 4.90 Å². The maximum absolute atomic E-state index is 14.4. The van der Waals surface area contributed by atoms with Crippen molar-refractivity contribution in [1.82, 2.24) is 4.31 Å². The lowest BCUT2D eigenvalue weighted by Gasteiger charge is -2.26. The average molecular weight is 476 g/mol. The first kappa shape index (κ1) is 23.3. The van der Waals surface area contributed by atoms with Gasteiger partial charge in [0.1, 0.15) is 10.7 Å². The first-order valence-electron chi connectivity index (χ1n) is 10.9. The second-order valence-electron chi connectivity index (χ2n) is 8.08. The molecule has 2 aromatic rings. The number of carbonyl (C=O) groups is 2. The third-order valence-corrected chi connectivity index (χ3v) is 7.85. The third-order valence-electron chi connectivity index (χ3n) is 5.94. The van der Waals surface area contributed by atoms with Crippen molar-refractivity contribution < 1.29 is 27.1 Å². The number of morpholine rings is 1. The summed E-state index contributed by atoms with van der Waals surface area (Å²) in [6, 6.07) is 11.1. The molecule has 8 nitrogen and oxygen atoms in total. The van der Waals surface area contributed by atoms with Crippen LogP contribution in [0.2, 0.25) is 0 Å². The van der Waals surface area contributed by atoms with Crippen molar-refractivity contribution in [1.29, 1.82) is 0 Å². The molecule has 0 unspecified atom stereocenters. The van der Waals surface area contributed by atoms with Crippen LogP contribution in [0.1, 0.15) is 18.9 Å². The summed E-state index contributed by atoms with van der Waals surface area (Å²) < 4.78 is 46.4. The number of sulfonamides is 1. The third kappa shape index (κ3) is 4.92. The van der Waals surface area contributed by atoms with Crippen LogP contribution in [0.15, 0.2) is 47.4 Å². The number of rotatable bonds is 6. The van der Waals surface area contributed by atoms with Crippen molar-refractivity contribution in [2.24, 2.45) is 5.92 Å². The first-order chi connectivity index (χ1) is 15.8. The molecule has 10 heteroatoms. The van der Waals surface area contributed by atoms with E-state index in [2.05, 4.69) is 5.32 Å². The predicted molar refractivity (Wildman–Crippen MR) is 121 cm³/mol. The van der Waals surface area contributed by atoms with Crippen LogP contribution in [-0.4, -0.2) is 57.4 Å². The van der Waals surface area contributed by atoms with Gasteiger partial charge in [0.2, 0.25) is 21.8 Å². The molecule has 33 heavy (non-hydrogen) atoms. The van der Waals surface area contributed by atoms with Crippen molar-refractivity contribution in [3.05, 3.63) is 53.8 Å². The van der Waals surface area contributed by atoms with Gasteiger partial charge in [0.15, 0.2) is 0 Å². The number of amides is 2. The zero-order valence-electron chi connectivity index (χ0n) is 18.3. The standard InChI is InChI=1S/C23H26FN3O5S/c1-2-16-3-6-19(7-4-16)27-15-17(13-22(27)28)23(29)25-18-5-8-20(24)21(14-18)33(30,31)26-9-11-32-12-10-26/h3-8,14,17H,2,9-13,15H2,1H3,(H,25,29)/t17-/m0/s1. The first-order valence-corrected chi connectivity index (χ1v) is 12.3. The number of ether oxygens (including phenoxy) is 1. The SMILES string of the molecule is CCc1ccc(N2C[C@@H](C(=O)Nc3ccc(F)c(S(=O)(=O)N4CCOCC4)c3)CC2=O)cc1. The minimum absolute atomic E-state index is 0.0431. The fraction of sp³-hybridized carbons (Fsp3) is 0.391. The maximum atomic E-state index is 14.4. The van der Waals surface area contributed by atoms with Gasteiger partial charge in [-0.3, -0.25) is 9.59 Å². The molecule has 176 valence electrons. The van der Waals surface area contributed by atoms with Gasteiger partial charge in [-0.15, -0.1) is 0 Å². The van der Waals surface area contributed by atoms with Gasteiger partial charge in [0.05, 0.1) is 19.1 Å². The van der Waals surface area contributed by atoms with E-state index in [0.717, 1.165) is 34.1 Å². The number of hydrogen-bond donors (Lipinski definition) is 1. The van der Waals surface area contributed by atoms with E-state index < -0.39 is 32.6 Å². The highest BCUT2D eigenvalue weighted by Crippen LogP contribution is 2.28. The Bertz CT molecular complexity index is 1150. The van der Waals surface area contributed by atoms with Gasteiger partial charge >= 0.3 is 0 Å². The molecule has 2 aliphatic rings. The van der Waals surface area contributed by atoms with Gasteiger partial charge in [-0.25, -0.2) is 12.8 Å². The maximum Gasteiger partial charge on any atom is 0.246 e. The van der Waals surface area contributed by atoms with Gasteiger partial charge in [0, 0.05) is 37.4 Å². The molecule has 0 bridgehead atoms. The fourth-order valence-electron chi connectivity index (χ4n) is 3.99. The monoisotopic (exact) mass is 475 g/mol. The molecule has 2 aromatic carbocycles. The highest BCUT2D eigenvalue weighted by Gasteiger charge is 2.35. The minimum atomic E-state index is -4.06. The zero-order valence-corrected chi connectivity index (χ0v) is 19.1. The van der Waals surface area contributed by atoms with Crippen molar-refractivity contribution in [2.45, 2.75) is 24.7 Å². The van der Waals surface area contributed by atoms with Crippen LogP contribution in [0.5, 0.6) is 0 Å². The number of hydrogen-bond acceptors (Lipinski definition) is 5. The van der Waals surface area contributed by atoms with Crippen molar-refractivity contribution in [3.63, 3.8) is 0 Å². The molecule has 0 aliphatic carbocycles. The van der Waals surface area contributed by atoms with Crippen molar-refractivity contribution >= 4 is 33.2 Å². The Morgan fingerprint density at radius 1 is 1.15 bits per heavy atom. The van der Waals surface area contributed by atoms with E-state index >= 15 is 0 Å². The van der Waals surface area contributed by atoms with Gasteiger partial charge in [-0.2, -0.15) is 4.31 Å². The lowest BCUT2D eigenvalue weighted by molar-refractivity contribution is -0.122. The van der Waals surface area contributed by atoms with Crippen LogP contribution in [0.25, 0.3) is 0 Å². The van der Waals surface area contributed by atoms with E-state index in [4.69, 9.17) is 4.74 Å². The summed E-state index contributed by atoms with van der Waals surface area (Å²) in [6.45, 7) is 3.02. The Balaban J connectivity index is 1.47. The smallest absolute Gasteiger partial charge is 0.246 e. The molecule has 2 fully saturated rings. The number of halogens is 1. The van der Waals surface area contributed by atoms with E-state index in [1.807, 2.05) is 31.2 Å². The van der Waals surface area contributed by atoms with Crippen LogP contribution in [-0.2, 0) is 30.8 Å². The van der Waals surface area contributed by atoms with Crippen LogP contribution < -0.4 is 10.2 Å². The molecular weight excluding hydrogens is 449 g/mol. The minimum Gasteiger partial charge on any atom is -0.379 e. The summed E-state index contributed by atoms with van der Waals surface area (Å²) in [5, 5.41) is 2.65. The normalized spacial score (nSPS) is 19.6. The molecule has 1 atom stereocenters. The molecular formula is C23H26FN3O5S. The summed E-state index contributed by atoms with van der Waals surface area (Å²) in [5.74, 6) is -2.07. The summed E-state index contributed by atoms with van der Waals surface area (Å²) in [7, 11) is -4.06. The van der Waals surface area contributed by atoms with E-state index in [-0.39, 0.29) is 50.9 Å². The Labute approximate surface area is 192 Å². The quantitative estimate of drug-likeness (QED) is 0.692. The van der Waals surface area contributed by atoms with Gasteiger partial charge in [0.25, 0.3) is 0 Å². The van der Waals surface area contributed by atoms with E-state index in [1.165, 1.54) is 6.07 Å². The molecule has 2 heterocycles. The second kappa shape index (κ2) is 9.58. The number of nitrogens with zero attached hydrogens (tertiary/aromatic N) is 2. The van der Waals surface area contributed by atoms with E-state index in [0.29, 0.717) is 0 Å². The largest absolute Gasteiger partial charge is 0.379 e. The van der Waals surface area contributed by atoms with Crippen molar-refractivity contribution in [2.75, 3.05) is 43.1 Å². The molecule has 0 saturated carbocycles. The molecule has 0 aromatic heterocycles. The van der Waals surface area contributed by atoms with Crippen molar-refractivity contribution in [3.8, 4) is 0 Å². The molecule has 4 rings (SSSR count). The number of benzene rings is 2. The molecule has 2 amide bonds. The van der Waals surface area contributed by atoms with Gasteiger partial charge in [-0.1, -0.05) is 19.1 Å². The molecule has 2 saturated heterocycles. The Hall–Kier alpha value is -2.82. The second-order valence-corrected chi connectivity index (χ2v) is 9.98. The Morgan fingerprint density at radius 3 is 2.52 bits per heavy atom. The Kier molecular flexibility index (Phi) is 6.78. The van der Waals surface area contributed by atoms with Crippen LogP contribution in [0.4, 0.5) is 15.8 Å². The zero-order chi connectivity index (χ0) is 23.6. The topological polar surface area (TPSA) is 96.0 Å². The number of aryl methyl sites for hydroxylation is 1. The summed E-state index contributed by atoms with van der Waals surface area (Å²) in [6.07, 6.45) is 0.932. The predicted octanol–water partition coefficient (Wildman–Crippen LogP) is 2.40. The van der Waals surface area contributed by atoms with Gasteiger partial charge < -0.3 is 15.0 Å². The van der Waals surface area contributed by atoms with Gasteiger partial charge in [-0.05, 0) is 42.3 Å². The molecule has 0 spiro atoms. The fourth-order valence-corrected chi connectivity index (χ4v) is 5.49. The summed E-state index contributed by atoms with van der Waals surface area (Å²) >= 11 is 0. The highest BCUT2D eigenvalue weighted by molar-refractivity contribution is 7.89. The molecule has 2 aliphatic heterocycles. The van der Waals surface area contributed by atoms with Crippen LogP contribution in [0.3, 0.4) is 0 Å². The number of anilines is 2. The number of nitrogens with one attached hydrogen (secondary N) is 1. The molecule has 1 N–H and O–H groups in total. The summed E-state index contributed by atoms with van der Waals surface area (Å²) in [4.78, 5) is 26.4. The van der Waals surface area contributed by atoms with Crippen LogP contribution in [0, 0.1) is 11.7 Å². The Morgan fingerprint density at radius 2 is 1.85 bits per heavy atom. The number of carbonyl (C=O) groups excluding carboxylic acids is 2. The summed E-state index contributed by atoms with van der Waals surface area (Å²) in [5.41, 5.74) is 2.04.